The Morgan fingerprint density at radius 3 is 2.50 bits per heavy atom. The number of ether oxygens (including phenoxy) is 1. The molecule has 0 radical (unpaired) electrons. The van der Waals surface area contributed by atoms with Crippen molar-refractivity contribution in [3.63, 3.8) is 0 Å². The molecule has 0 spiro atoms. The summed E-state index contributed by atoms with van der Waals surface area (Å²) in [6, 6.07) is 19.4. The Hall–Kier alpha value is -3.75. The molecule has 1 aromatic heterocycles. The maximum atomic E-state index is 14.5. The average Bonchev–Trinajstić information content (AvgIpc) is 2.85. The highest BCUT2D eigenvalue weighted by molar-refractivity contribution is 6.31. The highest BCUT2D eigenvalue weighted by atomic mass is 35.5. The lowest BCUT2D eigenvalue weighted by molar-refractivity contribution is 0.414. The summed E-state index contributed by atoms with van der Waals surface area (Å²) in [4.78, 5) is 26.7. The van der Waals surface area contributed by atoms with Gasteiger partial charge in [-0.05, 0) is 29.8 Å². The van der Waals surface area contributed by atoms with Crippen LogP contribution in [-0.2, 0) is 13.0 Å². The van der Waals surface area contributed by atoms with Crippen LogP contribution in [-0.4, -0.2) is 21.5 Å². The first-order chi connectivity index (χ1) is 16.4. The molecule has 0 aliphatic heterocycles. The summed E-state index contributed by atoms with van der Waals surface area (Å²) >= 11 is 6.18. The third-order valence-corrected chi connectivity index (χ3v) is 5.77. The van der Waals surface area contributed by atoms with Crippen LogP contribution in [0.1, 0.15) is 22.9 Å². The lowest BCUT2D eigenvalue weighted by Gasteiger charge is -2.16. The van der Waals surface area contributed by atoms with E-state index in [1.165, 1.54) is 25.3 Å². The molecule has 4 rings (SSSR count). The summed E-state index contributed by atoms with van der Waals surface area (Å²) in [6.45, 7) is 0.00506. The van der Waals surface area contributed by atoms with E-state index in [9.17, 15) is 14.0 Å². The highest BCUT2D eigenvalue weighted by Crippen LogP contribution is 2.21. The molecule has 4 aromatic rings. The number of rotatable bonds is 7. The largest absolute Gasteiger partial charge is 0.497 e. The first-order valence-electron chi connectivity index (χ1n) is 10.5. The van der Waals surface area contributed by atoms with Crippen LogP contribution in [0.3, 0.4) is 0 Å². The maximum Gasteiger partial charge on any atom is 0.352 e. The lowest BCUT2D eigenvalue weighted by atomic mass is 10.1. The van der Waals surface area contributed by atoms with Crippen LogP contribution < -0.4 is 21.7 Å². The number of hydrogen-bond acceptors (Lipinski definition) is 5. The minimum absolute atomic E-state index is 0.00506. The van der Waals surface area contributed by atoms with Crippen molar-refractivity contribution >= 4 is 11.6 Å². The van der Waals surface area contributed by atoms with Crippen molar-refractivity contribution in [2.75, 3.05) is 7.11 Å². The van der Waals surface area contributed by atoms with Gasteiger partial charge in [-0.1, -0.05) is 54.1 Å². The Kier molecular flexibility index (Phi) is 6.90. The van der Waals surface area contributed by atoms with Gasteiger partial charge in [-0.2, -0.15) is 5.10 Å². The zero-order valence-electron chi connectivity index (χ0n) is 18.3. The van der Waals surface area contributed by atoms with Crippen molar-refractivity contribution in [1.29, 1.82) is 0 Å². The molecule has 1 heterocycles. The summed E-state index contributed by atoms with van der Waals surface area (Å²) in [5.74, 6) is -0.104. The molecule has 0 fully saturated rings. The van der Waals surface area contributed by atoms with Crippen LogP contribution in [0.25, 0.3) is 5.69 Å². The van der Waals surface area contributed by atoms with Crippen LogP contribution in [0.15, 0.2) is 82.4 Å². The van der Waals surface area contributed by atoms with Gasteiger partial charge < -0.3 is 10.5 Å². The molecule has 3 aromatic carbocycles. The predicted molar refractivity (Wildman–Crippen MR) is 128 cm³/mol. The molecule has 1 unspecified atom stereocenters. The molecular weight excluding hydrogens is 459 g/mol. The Morgan fingerprint density at radius 2 is 1.79 bits per heavy atom. The minimum atomic E-state index is -0.679. The van der Waals surface area contributed by atoms with Crippen molar-refractivity contribution in [2.45, 2.75) is 19.0 Å². The molecule has 1 atom stereocenters. The Labute approximate surface area is 199 Å². The van der Waals surface area contributed by atoms with Gasteiger partial charge >= 0.3 is 5.69 Å². The van der Waals surface area contributed by atoms with Crippen LogP contribution in [0.5, 0.6) is 5.75 Å². The summed E-state index contributed by atoms with van der Waals surface area (Å²) in [5, 5.41) is 4.44. The molecule has 9 heteroatoms. The van der Waals surface area contributed by atoms with Gasteiger partial charge in [0.25, 0.3) is 5.56 Å². The van der Waals surface area contributed by atoms with Gasteiger partial charge in [-0.15, -0.1) is 0 Å². The number of nitrogens with two attached hydrogens (primary N) is 1. The SMILES string of the molecule is COc1cccc(-n2c(=O)c(Cc3c(F)cccc3Cl)nn(CC(N)c3ccccc3)c2=O)c1. The molecule has 0 saturated heterocycles. The van der Waals surface area contributed by atoms with E-state index in [2.05, 4.69) is 5.10 Å². The Balaban J connectivity index is 1.88. The molecule has 0 aliphatic carbocycles. The second-order valence-corrected chi connectivity index (χ2v) is 8.05. The second-order valence-electron chi connectivity index (χ2n) is 7.65. The molecule has 7 nitrogen and oxygen atoms in total. The number of methoxy groups -OCH3 is 1. The molecule has 0 saturated carbocycles. The number of nitrogens with zero attached hydrogens (tertiary/aromatic N) is 3. The minimum Gasteiger partial charge on any atom is -0.497 e. The molecule has 34 heavy (non-hydrogen) atoms. The van der Waals surface area contributed by atoms with Crippen molar-refractivity contribution in [2.24, 2.45) is 5.73 Å². The highest BCUT2D eigenvalue weighted by Gasteiger charge is 2.20. The topological polar surface area (TPSA) is 92.1 Å². The number of benzene rings is 3. The van der Waals surface area contributed by atoms with Crippen LogP contribution in [0, 0.1) is 5.82 Å². The van der Waals surface area contributed by atoms with Gasteiger partial charge in [0, 0.05) is 29.1 Å². The lowest BCUT2D eigenvalue weighted by Crippen LogP contribution is -2.44. The predicted octanol–water partition coefficient (Wildman–Crippen LogP) is 3.49. The molecule has 0 aliphatic rings. The van der Waals surface area contributed by atoms with Gasteiger partial charge in [0.15, 0.2) is 0 Å². The summed E-state index contributed by atoms with van der Waals surface area (Å²) in [5.41, 5.74) is 6.14. The van der Waals surface area contributed by atoms with Gasteiger partial charge in [0.1, 0.15) is 17.3 Å². The van der Waals surface area contributed by atoms with Crippen molar-refractivity contribution < 1.29 is 9.13 Å². The van der Waals surface area contributed by atoms with E-state index < -0.39 is 23.1 Å². The zero-order chi connectivity index (χ0) is 24.2. The summed E-state index contributed by atoms with van der Waals surface area (Å²) in [6.07, 6.45) is -0.199. The first-order valence-corrected chi connectivity index (χ1v) is 10.9. The summed E-state index contributed by atoms with van der Waals surface area (Å²) in [7, 11) is 1.48. The van der Waals surface area contributed by atoms with E-state index in [0.717, 1.165) is 14.8 Å². The fourth-order valence-corrected chi connectivity index (χ4v) is 3.86. The van der Waals surface area contributed by atoms with E-state index in [1.54, 1.807) is 24.3 Å². The van der Waals surface area contributed by atoms with Gasteiger partial charge in [-0.25, -0.2) is 18.4 Å². The Bertz CT molecular complexity index is 1420. The average molecular weight is 481 g/mol. The third-order valence-electron chi connectivity index (χ3n) is 5.42. The molecular formula is C25H22ClFN4O3. The normalized spacial score (nSPS) is 11.9. The third kappa shape index (κ3) is 4.78. The van der Waals surface area contributed by atoms with Gasteiger partial charge in [-0.3, -0.25) is 4.79 Å². The second kappa shape index (κ2) is 10.0. The van der Waals surface area contributed by atoms with Crippen LogP contribution in [0.4, 0.5) is 4.39 Å². The number of halogens is 2. The van der Waals surface area contributed by atoms with Crippen molar-refractivity contribution in [1.82, 2.24) is 14.3 Å². The maximum absolute atomic E-state index is 14.5. The van der Waals surface area contributed by atoms with E-state index in [1.807, 2.05) is 30.3 Å². The van der Waals surface area contributed by atoms with E-state index in [0.29, 0.717) is 11.4 Å². The van der Waals surface area contributed by atoms with Crippen LogP contribution in [0.2, 0.25) is 5.02 Å². The van der Waals surface area contributed by atoms with Crippen LogP contribution >= 0.6 is 11.6 Å². The van der Waals surface area contributed by atoms with E-state index >= 15 is 0 Å². The van der Waals surface area contributed by atoms with Gasteiger partial charge in [0.05, 0.1) is 19.3 Å². The molecule has 0 amide bonds. The van der Waals surface area contributed by atoms with E-state index in [4.69, 9.17) is 22.1 Å². The summed E-state index contributed by atoms with van der Waals surface area (Å²) < 4.78 is 21.8. The number of aromatic nitrogens is 3. The molecule has 174 valence electrons. The Morgan fingerprint density at radius 1 is 1.06 bits per heavy atom. The first kappa shape index (κ1) is 23.4. The monoisotopic (exact) mass is 480 g/mol. The quantitative estimate of drug-likeness (QED) is 0.437. The fourth-order valence-electron chi connectivity index (χ4n) is 3.63. The molecule has 0 bridgehead atoms. The van der Waals surface area contributed by atoms with Crippen molar-refractivity contribution in [3.05, 3.63) is 121 Å². The van der Waals surface area contributed by atoms with Gasteiger partial charge in [0.2, 0.25) is 0 Å². The zero-order valence-corrected chi connectivity index (χ0v) is 19.1. The smallest absolute Gasteiger partial charge is 0.352 e. The standard InChI is InChI=1S/C25H22ClFN4O3/c1-34-18-10-5-9-17(13-18)31-24(32)23(14-19-20(26)11-6-12-21(19)27)29-30(25(31)33)15-22(28)16-7-3-2-4-8-16/h2-13,22H,14-15,28H2,1H3. The van der Waals surface area contributed by atoms with Crippen molar-refractivity contribution in [3.8, 4) is 11.4 Å². The van der Waals surface area contributed by atoms with E-state index in [-0.39, 0.29) is 29.2 Å². The molecule has 2 N–H and O–H groups in total. The number of hydrogen-bond donors (Lipinski definition) is 1. The fraction of sp³-hybridized carbons (Fsp3) is 0.160.